The second-order valence-electron chi connectivity index (χ2n) is 8.77. The van der Waals surface area contributed by atoms with Gasteiger partial charge in [-0.15, -0.1) is 0 Å². The average Bonchev–Trinajstić information content (AvgIpc) is 3.25. The number of ketones is 1. The van der Waals surface area contributed by atoms with Crippen LogP contribution in [0.1, 0.15) is 41.7 Å². The Morgan fingerprint density at radius 2 is 1.91 bits per heavy atom. The third kappa shape index (κ3) is 5.37. The summed E-state index contributed by atoms with van der Waals surface area (Å²) in [6.45, 7) is 4.92. The lowest BCUT2D eigenvalue weighted by molar-refractivity contribution is -0.115. The molecule has 0 bridgehead atoms. The van der Waals surface area contributed by atoms with Gasteiger partial charge >= 0.3 is 0 Å². The van der Waals surface area contributed by atoms with E-state index in [9.17, 15) is 9.59 Å². The fourth-order valence-electron chi connectivity index (χ4n) is 4.61. The Morgan fingerprint density at radius 3 is 2.61 bits per heavy atom. The summed E-state index contributed by atoms with van der Waals surface area (Å²) in [4.78, 5) is 25.3. The molecule has 0 unspecified atom stereocenters. The number of carbonyl (C=O) groups is 2. The molecule has 4 rings (SSSR count). The molecule has 1 amide bonds. The number of carbonyl (C=O) groups excluding carboxylic acids is 2. The van der Waals surface area contributed by atoms with Gasteiger partial charge in [-0.1, -0.05) is 12.1 Å². The number of nitrogens with two attached hydrogens (primary N) is 1. The minimum Gasteiger partial charge on any atom is -0.496 e. The van der Waals surface area contributed by atoms with Crippen LogP contribution in [0.3, 0.4) is 0 Å². The fourth-order valence-corrected chi connectivity index (χ4v) is 4.61. The van der Waals surface area contributed by atoms with Gasteiger partial charge in [-0.25, -0.2) is 0 Å². The molecule has 1 aromatic heterocycles. The molecule has 0 radical (unpaired) electrons. The summed E-state index contributed by atoms with van der Waals surface area (Å²) >= 11 is 0. The van der Waals surface area contributed by atoms with Crippen molar-refractivity contribution in [2.45, 2.75) is 32.2 Å². The van der Waals surface area contributed by atoms with E-state index in [1.807, 2.05) is 24.3 Å². The van der Waals surface area contributed by atoms with Gasteiger partial charge in [0.25, 0.3) is 0 Å². The number of hydrogen-bond donors (Lipinski definition) is 2. The van der Waals surface area contributed by atoms with Gasteiger partial charge < -0.3 is 25.3 Å². The number of aromatic nitrogens is 1. The van der Waals surface area contributed by atoms with Gasteiger partial charge in [0.2, 0.25) is 5.91 Å². The molecule has 33 heavy (non-hydrogen) atoms. The van der Waals surface area contributed by atoms with Crippen LogP contribution < -0.4 is 15.8 Å². The fraction of sp³-hybridized carbons (Fsp3) is 0.385. The number of rotatable bonds is 9. The first-order valence-electron chi connectivity index (χ1n) is 11.5. The molecule has 1 aliphatic heterocycles. The lowest BCUT2D eigenvalue weighted by Crippen LogP contribution is -2.35. The Bertz CT molecular complexity index is 1150. The highest BCUT2D eigenvalue weighted by atomic mass is 16.5. The molecular formula is C26H32N4O3. The van der Waals surface area contributed by atoms with Crippen molar-refractivity contribution in [2.75, 3.05) is 38.6 Å². The Hall–Kier alpha value is -3.32. The number of likely N-dealkylation sites (tertiary alicyclic amines) is 1. The molecule has 1 aliphatic rings. The van der Waals surface area contributed by atoms with Crippen molar-refractivity contribution in [1.82, 2.24) is 9.47 Å². The van der Waals surface area contributed by atoms with Gasteiger partial charge in [0.15, 0.2) is 0 Å². The van der Waals surface area contributed by atoms with Crippen LogP contribution in [0.5, 0.6) is 5.75 Å². The van der Waals surface area contributed by atoms with Gasteiger partial charge in [0.1, 0.15) is 11.5 Å². The van der Waals surface area contributed by atoms with Crippen LogP contribution in [0, 0.1) is 0 Å². The third-order valence-electron chi connectivity index (χ3n) is 6.48. The molecule has 1 saturated heterocycles. The lowest BCUT2D eigenvalue weighted by atomic mass is 10.0. The summed E-state index contributed by atoms with van der Waals surface area (Å²) in [5.41, 5.74) is 9.17. The van der Waals surface area contributed by atoms with Crippen molar-refractivity contribution in [3.8, 4) is 5.75 Å². The van der Waals surface area contributed by atoms with Gasteiger partial charge in [0, 0.05) is 54.7 Å². The largest absolute Gasteiger partial charge is 0.496 e. The topological polar surface area (TPSA) is 89.6 Å². The van der Waals surface area contributed by atoms with E-state index >= 15 is 0 Å². The highest BCUT2D eigenvalue weighted by Crippen LogP contribution is 2.29. The highest BCUT2D eigenvalue weighted by Gasteiger charge is 2.22. The number of primary amides is 1. The quantitative estimate of drug-likeness (QED) is 0.522. The minimum absolute atomic E-state index is 0.0997. The summed E-state index contributed by atoms with van der Waals surface area (Å²) in [5, 5.41) is 4.26. The number of fused-ring (bicyclic) bond motifs is 1. The summed E-state index contributed by atoms with van der Waals surface area (Å²) in [6.07, 6.45) is 5.17. The van der Waals surface area contributed by atoms with E-state index in [-0.39, 0.29) is 5.78 Å². The maximum absolute atomic E-state index is 11.6. The van der Waals surface area contributed by atoms with Crippen molar-refractivity contribution < 1.29 is 14.3 Å². The molecular weight excluding hydrogens is 416 g/mol. The maximum atomic E-state index is 11.6. The molecule has 2 heterocycles. The zero-order chi connectivity index (χ0) is 23.4. The standard InChI is InChI=1S/C26H32N4O3/c1-18(31)17-28-22-6-5-20(25(16-22)33-2)7-11-29-12-9-23(10-13-29)30-14-8-19-3-4-21(26(27)32)15-24(19)30/h3-6,8,14-16,23,28H,7,9-13,17H2,1-2H3,(H2,27,32). The highest BCUT2D eigenvalue weighted by molar-refractivity contribution is 5.97. The number of hydrogen-bond acceptors (Lipinski definition) is 5. The molecule has 7 heteroatoms. The molecule has 1 fully saturated rings. The number of ether oxygens (including phenoxy) is 1. The Balaban J connectivity index is 1.35. The Morgan fingerprint density at radius 1 is 1.12 bits per heavy atom. The van der Waals surface area contributed by atoms with Gasteiger partial charge in [-0.3, -0.25) is 9.59 Å². The average molecular weight is 449 g/mol. The van der Waals surface area contributed by atoms with E-state index < -0.39 is 5.91 Å². The van der Waals surface area contributed by atoms with Crippen LogP contribution in [0.4, 0.5) is 5.69 Å². The SMILES string of the molecule is COc1cc(NCC(C)=O)ccc1CCN1CCC(n2ccc3ccc(C(N)=O)cc32)CC1. The summed E-state index contributed by atoms with van der Waals surface area (Å²) in [5.74, 6) is 0.558. The normalized spacial score (nSPS) is 15.0. The lowest BCUT2D eigenvalue weighted by Gasteiger charge is -2.33. The minimum atomic E-state index is -0.391. The van der Waals surface area contributed by atoms with Crippen LogP contribution in [0.25, 0.3) is 10.9 Å². The zero-order valence-corrected chi connectivity index (χ0v) is 19.3. The molecule has 3 N–H and O–H groups in total. The first-order valence-corrected chi connectivity index (χ1v) is 11.5. The molecule has 0 saturated carbocycles. The van der Waals surface area contributed by atoms with Crippen LogP contribution in [-0.4, -0.2) is 54.4 Å². The zero-order valence-electron chi connectivity index (χ0n) is 19.3. The number of nitrogens with one attached hydrogen (secondary N) is 1. The summed E-state index contributed by atoms with van der Waals surface area (Å²) in [6, 6.07) is 14.2. The molecule has 174 valence electrons. The van der Waals surface area contributed by atoms with Crippen LogP contribution in [0.15, 0.2) is 48.7 Å². The van der Waals surface area contributed by atoms with Crippen molar-refractivity contribution in [1.29, 1.82) is 0 Å². The van der Waals surface area contributed by atoms with E-state index in [1.54, 1.807) is 20.1 Å². The number of Topliss-reactive ketones (excluding diaryl/α,β-unsaturated/α-hetero) is 1. The molecule has 2 aromatic carbocycles. The first-order chi connectivity index (χ1) is 15.9. The smallest absolute Gasteiger partial charge is 0.248 e. The molecule has 0 aliphatic carbocycles. The predicted molar refractivity (Wildman–Crippen MR) is 131 cm³/mol. The summed E-state index contributed by atoms with van der Waals surface area (Å²) in [7, 11) is 1.68. The third-order valence-corrected chi connectivity index (χ3v) is 6.48. The number of amides is 1. The Kier molecular flexibility index (Phi) is 6.99. The number of piperidine rings is 1. The maximum Gasteiger partial charge on any atom is 0.248 e. The number of benzene rings is 2. The monoisotopic (exact) mass is 448 g/mol. The van der Waals surface area contributed by atoms with Gasteiger partial charge in [0.05, 0.1) is 13.7 Å². The van der Waals surface area contributed by atoms with E-state index in [0.717, 1.165) is 61.2 Å². The van der Waals surface area contributed by atoms with E-state index in [4.69, 9.17) is 10.5 Å². The molecule has 3 aromatic rings. The van der Waals surface area contributed by atoms with Gasteiger partial charge in [-0.2, -0.15) is 0 Å². The number of methoxy groups -OCH3 is 1. The van der Waals surface area contributed by atoms with E-state index in [1.165, 1.54) is 5.56 Å². The van der Waals surface area contributed by atoms with Crippen molar-refractivity contribution in [3.63, 3.8) is 0 Å². The second kappa shape index (κ2) is 10.1. The number of anilines is 1. The number of nitrogens with zero attached hydrogens (tertiary/aromatic N) is 2. The second-order valence-corrected chi connectivity index (χ2v) is 8.77. The first kappa shape index (κ1) is 22.9. The van der Waals surface area contributed by atoms with Crippen LogP contribution in [0.2, 0.25) is 0 Å². The molecule has 0 spiro atoms. The predicted octanol–water partition coefficient (Wildman–Crippen LogP) is 3.63. The van der Waals surface area contributed by atoms with Crippen molar-refractivity contribution in [3.05, 3.63) is 59.8 Å². The van der Waals surface area contributed by atoms with E-state index in [2.05, 4.69) is 33.1 Å². The van der Waals surface area contributed by atoms with Crippen molar-refractivity contribution >= 4 is 28.3 Å². The van der Waals surface area contributed by atoms with Crippen molar-refractivity contribution in [2.24, 2.45) is 5.73 Å². The van der Waals surface area contributed by atoms with Gasteiger partial charge in [-0.05, 0) is 61.4 Å². The summed E-state index contributed by atoms with van der Waals surface area (Å²) < 4.78 is 7.89. The molecule has 7 nitrogen and oxygen atoms in total. The van der Waals surface area contributed by atoms with E-state index in [0.29, 0.717) is 18.2 Å². The van der Waals surface area contributed by atoms with Crippen LogP contribution in [-0.2, 0) is 11.2 Å². The molecule has 0 atom stereocenters. The van der Waals surface area contributed by atoms with Crippen LogP contribution >= 0.6 is 0 Å². The Labute approximate surface area is 194 Å².